The largest absolute Gasteiger partial charge is 0.444 e. The standard InChI is InChI=1S/C28H37FN8O3/c1-15-21(37-10-8-9-32-37)11-17(14-31-15)34-24-18(23(30)38)12-20(29)25(36-24)35-22(19-13-28(19,6)7)16(2)33-26(39)40-27(3,4)5/h8-12,14,16,19,22H,13H2,1-7H3,(H2,30,38)(H,33,39)(H2,34,35,36)/t16-,19+,22-/m0/s1. The molecule has 1 saturated carbocycles. The van der Waals surface area contributed by atoms with Crippen molar-refractivity contribution in [3.05, 3.63) is 53.9 Å². The van der Waals surface area contributed by atoms with Gasteiger partial charge in [0.2, 0.25) is 0 Å². The molecule has 12 heteroatoms. The maximum Gasteiger partial charge on any atom is 0.407 e. The number of hydrogen-bond acceptors (Lipinski definition) is 8. The van der Waals surface area contributed by atoms with Crippen LogP contribution in [0.3, 0.4) is 0 Å². The third-order valence-corrected chi connectivity index (χ3v) is 6.93. The highest BCUT2D eigenvalue weighted by atomic mass is 19.1. The summed E-state index contributed by atoms with van der Waals surface area (Å²) in [6.07, 6.45) is 5.33. The average molecular weight is 553 g/mol. The van der Waals surface area contributed by atoms with Gasteiger partial charge < -0.3 is 26.4 Å². The van der Waals surface area contributed by atoms with Crippen LogP contribution in [0.15, 0.2) is 36.8 Å². The molecule has 3 aromatic rings. The Kier molecular flexibility index (Phi) is 7.73. The number of hydrogen-bond donors (Lipinski definition) is 4. The number of nitrogens with two attached hydrogens (primary N) is 1. The Bertz CT molecular complexity index is 1400. The summed E-state index contributed by atoms with van der Waals surface area (Å²) in [5, 5.41) is 13.4. The van der Waals surface area contributed by atoms with Gasteiger partial charge in [-0.05, 0) is 70.6 Å². The smallest absolute Gasteiger partial charge is 0.407 e. The lowest BCUT2D eigenvalue weighted by Gasteiger charge is -2.29. The molecule has 0 radical (unpaired) electrons. The summed E-state index contributed by atoms with van der Waals surface area (Å²) in [4.78, 5) is 33.5. The van der Waals surface area contributed by atoms with Crippen molar-refractivity contribution in [2.45, 2.75) is 72.6 Å². The van der Waals surface area contributed by atoms with Crippen molar-refractivity contribution >= 4 is 29.3 Å². The number of carbonyl (C=O) groups excluding carboxylic acids is 2. The minimum Gasteiger partial charge on any atom is -0.444 e. The lowest BCUT2D eigenvalue weighted by molar-refractivity contribution is 0.0500. The van der Waals surface area contributed by atoms with Gasteiger partial charge in [-0.25, -0.2) is 18.9 Å². The van der Waals surface area contributed by atoms with E-state index in [1.807, 2.05) is 13.8 Å². The van der Waals surface area contributed by atoms with Crippen molar-refractivity contribution in [2.75, 3.05) is 10.6 Å². The van der Waals surface area contributed by atoms with E-state index in [1.54, 1.807) is 56.2 Å². The highest BCUT2D eigenvalue weighted by Gasteiger charge is 2.52. The lowest BCUT2D eigenvalue weighted by Crippen LogP contribution is -2.48. The number of amides is 2. The quantitative estimate of drug-likeness (QED) is 0.299. The number of ether oxygens (including phenoxy) is 1. The van der Waals surface area contributed by atoms with Gasteiger partial charge in [0.1, 0.15) is 11.4 Å². The summed E-state index contributed by atoms with van der Waals surface area (Å²) in [5.74, 6) is -1.47. The number of aryl methyl sites for hydroxylation is 1. The van der Waals surface area contributed by atoms with Crippen LogP contribution in [0.1, 0.15) is 64.0 Å². The van der Waals surface area contributed by atoms with E-state index in [0.717, 1.165) is 18.2 Å². The predicted octanol–water partition coefficient (Wildman–Crippen LogP) is 4.69. The van der Waals surface area contributed by atoms with E-state index in [9.17, 15) is 9.59 Å². The zero-order chi connectivity index (χ0) is 29.4. The van der Waals surface area contributed by atoms with Crippen molar-refractivity contribution in [1.29, 1.82) is 0 Å². The molecular weight excluding hydrogens is 515 g/mol. The maximum atomic E-state index is 15.3. The van der Waals surface area contributed by atoms with Crippen LogP contribution < -0.4 is 21.7 Å². The van der Waals surface area contributed by atoms with Gasteiger partial charge in [0, 0.05) is 18.4 Å². The molecule has 214 valence electrons. The van der Waals surface area contributed by atoms with E-state index < -0.39 is 29.5 Å². The molecule has 1 aliphatic carbocycles. The zero-order valence-electron chi connectivity index (χ0n) is 23.9. The van der Waals surface area contributed by atoms with Crippen LogP contribution in [-0.4, -0.2) is 49.4 Å². The first-order valence-corrected chi connectivity index (χ1v) is 13.1. The first kappa shape index (κ1) is 28.8. The second-order valence-corrected chi connectivity index (χ2v) is 11.9. The molecule has 0 aromatic carbocycles. The first-order valence-electron chi connectivity index (χ1n) is 13.1. The van der Waals surface area contributed by atoms with Crippen molar-refractivity contribution < 1.29 is 18.7 Å². The highest BCUT2D eigenvalue weighted by molar-refractivity contribution is 5.98. The fourth-order valence-corrected chi connectivity index (χ4v) is 4.68. The van der Waals surface area contributed by atoms with Gasteiger partial charge in [-0.15, -0.1) is 0 Å². The van der Waals surface area contributed by atoms with E-state index in [2.05, 4.69) is 44.9 Å². The van der Waals surface area contributed by atoms with Gasteiger partial charge in [-0.1, -0.05) is 13.8 Å². The number of carbonyl (C=O) groups is 2. The van der Waals surface area contributed by atoms with E-state index in [4.69, 9.17) is 10.5 Å². The number of rotatable bonds is 9. The molecule has 3 atom stereocenters. The Morgan fingerprint density at radius 3 is 2.52 bits per heavy atom. The van der Waals surface area contributed by atoms with Gasteiger partial charge >= 0.3 is 6.09 Å². The number of pyridine rings is 2. The van der Waals surface area contributed by atoms with Crippen LogP contribution in [0, 0.1) is 24.1 Å². The van der Waals surface area contributed by atoms with Gasteiger partial charge in [-0.2, -0.15) is 5.10 Å². The van der Waals surface area contributed by atoms with Crippen LogP contribution in [-0.2, 0) is 4.74 Å². The molecule has 40 heavy (non-hydrogen) atoms. The van der Waals surface area contributed by atoms with Crippen LogP contribution >= 0.6 is 0 Å². The summed E-state index contributed by atoms with van der Waals surface area (Å²) in [7, 11) is 0. The van der Waals surface area contributed by atoms with Gasteiger partial charge in [0.05, 0.1) is 34.9 Å². The molecule has 0 bridgehead atoms. The number of aromatic nitrogens is 4. The number of nitrogens with zero attached hydrogens (tertiary/aromatic N) is 4. The molecule has 3 aromatic heterocycles. The third-order valence-electron chi connectivity index (χ3n) is 6.93. The molecule has 5 N–H and O–H groups in total. The molecule has 1 aliphatic rings. The summed E-state index contributed by atoms with van der Waals surface area (Å²) in [6, 6.07) is 3.84. The Hall–Kier alpha value is -4.22. The number of primary amides is 1. The molecule has 2 amide bonds. The van der Waals surface area contributed by atoms with Crippen molar-refractivity contribution in [3.63, 3.8) is 0 Å². The van der Waals surface area contributed by atoms with E-state index in [0.29, 0.717) is 11.4 Å². The SMILES string of the molecule is Cc1ncc(Nc2nc(N[C@@H]([C@H](C)NC(=O)OC(C)(C)C)[C@H]3CC3(C)C)c(F)cc2C(N)=O)cc1-n1cccn1. The zero-order valence-corrected chi connectivity index (χ0v) is 23.9. The lowest BCUT2D eigenvalue weighted by atomic mass is 9.98. The summed E-state index contributed by atoms with van der Waals surface area (Å²) >= 11 is 0. The summed E-state index contributed by atoms with van der Waals surface area (Å²) in [5.41, 5.74) is 6.74. The summed E-state index contributed by atoms with van der Waals surface area (Å²) in [6.45, 7) is 13.3. The topological polar surface area (TPSA) is 149 Å². The minimum atomic E-state index is -0.840. The van der Waals surface area contributed by atoms with Crippen LogP contribution in [0.25, 0.3) is 5.69 Å². The predicted molar refractivity (Wildman–Crippen MR) is 150 cm³/mol. The van der Waals surface area contributed by atoms with Gasteiger partial charge in [0.25, 0.3) is 5.91 Å². The second kappa shape index (κ2) is 10.7. The number of alkyl carbamates (subject to hydrolysis) is 1. The number of halogens is 1. The van der Waals surface area contributed by atoms with Crippen LogP contribution in [0.5, 0.6) is 0 Å². The minimum absolute atomic E-state index is 0.0112. The van der Waals surface area contributed by atoms with Crippen LogP contribution in [0.2, 0.25) is 0 Å². The van der Waals surface area contributed by atoms with E-state index >= 15 is 4.39 Å². The molecule has 11 nitrogen and oxygen atoms in total. The fraction of sp³-hybridized carbons (Fsp3) is 0.464. The van der Waals surface area contributed by atoms with Crippen molar-refractivity contribution in [3.8, 4) is 5.69 Å². The second-order valence-electron chi connectivity index (χ2n) is 11.9. The van der Waals surface area contributed by atoms with Gasteiger partial charge in [0.15, 0.2) is 11.6 Å². The Labute approximate surface area is 233 Å². The fourth-order valence-electron chi connectivity index (χ4n) is 4.68. The molecular formula is C28H37FN8O3. The summed E-state index contributed by atoms with van der Waals surface area (Å²) < 4.78 is 22.4. The Morgan fingerprint density at radius 1 is 1.25 bits per heavy atom. The third kappa shape index (κ3) is 6.67. The number of anilines is 3. The molecule has 0 spiro atoms. The number of nitrogens with one attached hydrogen (secondary N) is 3. The Morgan fingerprint density at radius 2 is 1.95 bits per heavy atom. The molecule has 3 heterocycles. The maximum absolute atomic E-state index is 15.3. The monoisotopic (exact) mass is 552 g/mol. The van der Waals surface area contributed by atoms with Gasteiger partial charge in [-0.3, -0.25) is 9.78 Å². The molecule has 1 fully saturated rings. The van der Waals surface area contributed by atoms with Crippen LogP contribution in [0.4, 0.5) is 26.5 Å². The van der Waals surface area contributed by atoms with Crippen molar-refractivity contribution in [2.24, 2.45) is 17.1 Å². The molecule has 0 aliphatic heterocycles. The molecule has 0 unspecified atom stereocenters. The molecule has 0 saturated heterocycles. The normalized spacial score (nSPS) is 17.4. The molecule has 4 rings (SSSR count). The average Bonchev–Trinajstić information content (AvgIpc) is 3.20. The first-order chi connectivity index (χ1) is 18.6. The van der Waals surface area contributed by atoms with E-state index in [1.165, 1.54) is 0 Å². The van der Waals surface area contributed by atoms with E-state index in [-0.39, 0.29) is 34.6 Å². The highest BCUT2D eigenvalue weighted by Crippen LogP contribution is 2.54. The Balaban J connectivity index is 1.64. The van der Waals surface area contributed by atoms with Crippen molar-refractivity contribution in [1.82, 2.24) is 25.1 Å².